The minimum absolute atomic E-state index is 0.819. The lowest BCUT2D eigenvalue weighted by molar-refractivity contribution is 0.448. The van der Waals surface area contributed by atoms with E-state index >= 15 is 0 Å². The van der Waals surface area contributed by atoms with Crippen molar-refractivity contribution in [3.63, 3.8) is 0 Å². The molecule has 22 heavy (non-hydrogen) atoms. The van der Waals surface area contributed by atoms with Crippen molar-refractivity contribution in [3.8, 4) is 0 Å². The van der Waals surface area contributed by atoms with Gasteiger partial charge in [-0.15, -0.1) is 0 Å². The van der Waals surface area contributed by atoms with E-state index in [2.05, 4.69) is 78.8 Å². The summed E-state index contributed by atoms with van der Waals surface area (Å²) in [5, 5.41) is 0. The fraction of sp³-hybridized carbons (Fsp3) is 0.727. The van der Waals surface area contributed by atoms with Crippen LogP contribution in [0.1, 0.15) is 79.7 Å². The zero-order valence-electron chi connectivity index (χ0n) is 16.2. The van der Waals surface area contributed by atoms with Gasteiger partial charge in [0.15, 0.2) is 0 Å². The van der Waals surface area contributed by atoms with Crippen LogP contribution in [0.4, 0.5) is 0 Å². The van der Waals surface area contributed by atoms with E-state index < -0.39 is 0 Å². The van der Waals surface area contributed by atoms with Crippen LogP contribution in [0.25, 0.3) is 0 Å². The molecule has 0 heteroatoms. The monoisotopic (exact) mass is 304 g/mol. The van der Waals surface area contributed by atoms with E-state index in [1.165, 1.54) is 37.7 Å². The van der Waals surface area contributed by atoms with Gasteiger partial charge >= 0.3 is 0 Å². The maximum absolute atomic E-state index is 2.36. The average molecular weight is 305 g/mol. The third-order valence-electron chi connectivity index (χ3n) is 3.99. The Hall–Kier alpha value is -0.780. The van der Waals surface area contributed by atoms with E-state index in [0.717, 1.165) is 23.7 Å². The molecule has 1 aromatic rings. The third kappa shape index (κ3) is 14.2. The molecule has 0 spiro atoms. The van der Waals surface area contributed by atoms with Crippen LogP contribution in [0.2, 0.25) is 0 Å². The molecule has 0 saturated heterocycles. The standard InChI is InChI=1S/C14H22.C8H18/c1-12(2)9-10-13(3)11-14-7-5-4-6-8-14;1-7(2)5-6-8(3)4/h4-8,12-13H,9-11H2,1-3H3;7-8H,5-6H2,1-4H3. The van der Waals surface area contributed by atoms with Gasteiger partial charge in [-0.2, -0.15) is 0 Å². The predicted molar refractivity (Wildman–Crippen MR) is 102 cm³/mol. The summed E-state index contributed by atoms with van der Waals surface area (Å²) >= 11 is 0. The molecular weight excluding hydrogens is 264 g/mol. The lowest BCUT2D eigenvalue weighted by Gasteiger charge is -2.12. The first-order valence-corrected chi connectivity index (χ1v) is 9.35. The summed E-state index contributed by atoms with van der Waals surface area (Å²) in [5.41, 5.74) is 1.48. The van der Waals surface area contributed by atoms with Crippen LogP contribution < -0.4 is 0 Å². The number of rotatable bonds is 8. The summed E-state index contributed by atoms with van der Waals surface area (Å²) < 4.78 is 0. The molecule has 0 N–H and O–H groups in total. The molecule has 0 aliphatic carbocycles. The van der Waals surface area contributed by atoms with E-state index in [9.17, 15) is 0 Å². The maximum atomic E-state index is 2.36. The van der Waals surface area contributed by atoms with Crippen molar-refractivity contribution in [1.82, 2.24) is 0 Å². The fourth-order valence-electron chi connectivity index (χ4n) is 2.40. The Morgan fingerprint density at radius 3 is 1.41 bits per heavy atom. The molecule has 0 nitrogen and oxygen atoms in total. The Bertz CT molecular complexity index is 326. The van der Waals surface area contributed by atoms with E-state index in [1.807, 2.05) is 0 Å². The SMILES string of the molecule is CC(C)CCC(C)C.CC(C)CCC(C)Cc1ccccc1. The van der Waals surface area contributed by atoms with Crippen molar-refractivity contribution in [1.29, 1.82) is 0 Å². The maximum Gasteiger partial charge on any atom is -0.0253 e. The molecule has 0 radical (unpaired) electrons. The van der Waals surface area contributed by atoms with Gasteiger partial charge in [-0.25, -0.2) is 0 Å². The van der Waals surface area contributed by atoms with Crippen LogP contribution in [-0.2, 0) is 6.42 Å². The Balaban J connectivity index is 0.000000472. The van der Waals surface area contributed by atoms with Crippen molar-refractivity contribution in [2.45, 2.75) is 80.6 Å². The molecule has 1 unspecified atom stereocenters. The van der Waals surface area contributed by atoms with Crippen LogP contribution >= 0.6 is 0 Å². The van der Waals surface area contributed by atoms with Gasteiger partial charge in [0.2, 0.25) is 0 Å². The molecule has 0 bridgehead atoms. The van der Waals surface area contributed by atoms with Crippen molar-refractivity contribution >= 4 is 0 Å². The van der Waals surface area contributed by atoms with Gasteiger partial charge in [-0.3, -0.25) is 0 Å². The van der Waals surface area contributed by atoms with Crippen molar-refractivity contribution in [2.24, 2.45) is 23.7 Å². The summed E-state index contributed by atoms with van der Waals surface area (Å²) in [6, 6.07) is 10.8. The highest BCUT2D eigenvalue weighted by atomic mass is 14.1. The quantitative estimate of drug-likeness (QED) is 0.470. The Kier molecular flexibility index (Phi) is 12.3. The second-order valence-corrected chi connectivity index (χ2v) is 8.13. The molecule has 0 aliphatic heterocycles. The largest absolute Gasteiger partial charge is 0.0628 e. The average Bonchev–Trinajstić information content (AvgIpc) is 2.45. The first-order valence-electron chi connectivity index (χ1n) is 9.35. The van der Waals surface area contributed by atoms with E-state index in [4.69, 9.17) is 0 Å². The number of benzene rings is 1. The van der Waals surface area contributed by atoms with Crippen LogP contribution in [0, 0.1) is 23.7 Å². The van der Waals surface area contributed by atoms with E-state index in [-0.39, 0.29) is 0 Å². The van der Waals surface area contributed by atoms with Crippen LogP contribution in [0.15, 0.2) is 30.3 Å². The van der Waals surface area contributed by atoms with Gasteiger partial charge in [0.05, 0.1) is 0 Å². The highest BCUT2D eigenvalue weighted by Crippen LogP contribution is 2.16. The first-order chi connectivity index (χ1) is 10.3. The lowest BCUT2D eigenvalue weighted by Crippen LogP contribution is -2.01. The molecule has 0 aliphatic rings. The van der Waals surface area contributed by atoms with Crippen LogP contribution in [0.3, 0.4) is 0 Å². The molecule has 0 saturated carbocycles. The minimum atomic E-state index is 0.819. The zero-order chi connectivity index (χ0) is 17.0. The fourth-order valence-corrected chi connectivity index (χ4v) is 2.40. The molecule has 0 aromatic heterocycles. The molecule has 128 valence electrons. The summed E-state index contributed by atoms with van der Waals surface area (Å²) in [5.74, 6) is 3.43. The van der Waals surface area contributed by atoms with Gasteiger partial charge in [0, 0.05) is 0 Å². The topological polar surface area (TPSA) is 0 Å². The zero-order valence-corrected chi connectivity index (χ0v) is 16.2. The Morgan fingerprint density at radius 2 is 1.00 bits per heavy atom. The van der Waals surface area contributed by atoms with Gasteiger partial charge in [0.25, 0.3) is 0 Å². The summed E-state index contributed by atoms with van der Waals surface area (Å²) in [7, 11) is 0. The van der Waals surface area contributed by atoms with Gasteiger partial charge in [-0.1, -0.05) is 104 Å². The normalized spacial score (nSPS) is 12.5. The number of hydrogen-bond donors (Lipinski definition) is 0. The molecular formula is C22H40. The second kappa shape index (κ2) is 12.7. The highest BCUT2D eigenvalue weighted by molar-refractivity contribution is 5.14. The van der Waals surface area contributed by atoms with Crippen LogP contribution in [0.5, 0.6) is 0 Å². The summed E-state index contributed by atoms with van der Waals surface area (Å²) in [4.78, 5) is 0. The minimum Gasteiger partial charge on any atom is -0.0628 e. The third-order valence-corrected chi connectivity index (χ3v) is 3.99. The lowest BCUT2D eigenvalue weighted by atomic mass is 9.93. The van der Waals surface area contributed by atoms with Gasteiger partial charge in [-0.05, 0) is 35.7 Å². The van der Waals surface area contributed by atoms with Crippen molar-refractivity contribution in [3.05, 3.63) is 35.9 Å². The second-order valence-electron chi connectivity index (χ2n) is 8.13. The van der Waals surface area contributed by atoms with E-state index in [1.54, 1.807) is 0 Å². The van der Waals surface area contributed by atoms with Gasteiger partial charge in [0.1, 0.15) is 0 Å². The molecule has 0 heterocycles. The summed E-state index contributed by atoms with van der Waals surface area (Å²) in [6.45, 7) is 16.1. The predicted octanol–water partition coefficient (Wildman–Crippen LogP) is 7.38. The molecule has 1 aromatic carbocycles. The summed E-state index contributed by atoms with van der Waals surface area (Å²) in [6.07, 6.45) is 6.71. The highest BCUT2D eigenvalue weighted by Gasteiger charge is 2.04. The van der Waals surface area contributed by atoms with E-state index in [0.29, 0.717) is 0 Å². The van der Waals surface area contributed by atoms with Crippen molar-refractivity contribution < 1.29 is 0 Å². The number of hydrogen-bond acceptors (Lipinski definition) is 0. The van der Waals surface area contributed by atoms with Crippen molar-refractivity contribution in [2.75, 3.05) is 0 Å². The molecule has 0 fully saturated rings. The van der Waals surface area contributed by atoms with Gasteiger partial charge < -0.3 is 0 Å². The smallest absolute Gasteiger partial charge is 0.0253 e. The molecule has 1 rings (SSSR count). The van der Waals surface area contributed by atoms with Crippen LogP contribution in [-0.4, -0.2) is 0 Å². The molecule has 1 atom stereocenters. The Morgan fingerprint density at radius 1 is 0.591 bits per heavy atom. The first kappa shape index (κ1) is 21.2. The Labute approximate surface area is 140 Å². The molecule has 0 amide bonds.